The minimum atomic E-state index is -3.74. The fourth-order valence-corrected chi connectivity index (χ4v) is 5.19. The van der Waals surface area contributed by atoms with Crippen LogP contribution in [0.5, 0.6) is 0 Å². The lowest BCUT2D eigenvalue weighted by Gasteiger charge is -2.24. The molecule has 0 aliphatic carbocycles. The van der Waals surface area contributed by atoms with E-state index in [1.807, 2.05) is 36.7 Å². The lowest BCUT2D eigenvalue weighted by Crippen LogP contribution is -2.33. The summed E-state index contributed by atoms with van der Waals surface area (Å²) in [5, 5.41) is 0. The molecule has 0 bridgehead atoms. The van der Waals surface area contributed by atoms with Crippen LogP contribution in [0.15, 0.2) is 65.8 Å². The second-order valence-electron chi connectivity index (χ2n) is 8.61. The number of aromatic nitrogens is 4. The van der Waals surface area contributed by atoms with Crippen molar-refractivity contribution >= 4 is 26.9 Å². The highest BCUT2D eigenvalue weighted by Crippen LogP contribution is 2.25. The maximum absolute atomic E-state index is 13.5. The van der Waals surface area contributed by atoms with Gasteiger partial charge in [-0.3, -0.25) is 4.98 Å². The highest BCUT2D eigenvalue weighted by Gasteiger charge is 2.26. The van der Waals surface area contributed by atoms with Gasteiger partial charge in [0.15, 0.2) is 0 Å². The van der Waals surface area contributed by atoms with E-state index < -0.39 is 10.0 Å². The average Bonchev–Trinajstić information content (AvgIpc) is 3.09. The molecule has 0 spiro atoms. The first-order chi connectivity index (χ1) is 15.8. The molecule has 0 unspecified atom stereocenters. The Hall–Kier alpha value is -3.26. The normalized spacial score (nSPS) is 11.9. The highest BCUT2D eigenvalue weighted by molar-refractivity contribution is 7.92. The number of nitrogens with zero attached hydrogens (tertiary/aromatic N) is 5. The van der Waals surface area contributed by atoms with Crippen LogP contribution in [0.25, 0.3) is 11.0 Å². The van der Waals surface area contributed by atoms with Crippen LogP contribution in [0.3, 0.4) is 0 Å². The van der Waals surface area contributed by atoms with Gasteiger partial charge in [0.05, 0.1) is 16.1 Å². The molecule has 3 heterocycles. The summed E-state index contributed by atoms with van der Waals surface area (Å²) in [6.45, 7) is 6.51. The second kappa shape index (κ2) is 9.31. The molecule has 0 fully saturated rings. The number of benzene rings is 1. The van der Waals surface area contributed by atoms with Crippen molar-refractivity contribution in [3.8, 4) is 0 Å². The van der Waals surface area contributed by atoms with Crippen molar-refractivity contribution < 1.29 is 8.42 Å². The summed E-state index contributed by atoms with van der Waals surface area (Å²) in [7, 11) is -1.75. The molecule has 4 rings (SSSR count). The highest BCUT2D eigenvalue weighted by atomic mass is 32.2. The fraction of sp³-hybridized carbons (Fsp3) is 0.320. The van der Waals surface area contributed by atoms with E-state index in [0.717, 1.165) is 34.5 Å². The van der Waals surface area contributed by atoms with Crippen LogP contribution in [0, 0.1) is 12.8 Å². The van der Waals surface area contributed by atoms with E-state index in [-0.39, 0.29) is 4.90 Å². The molecule has 0 amide bonds. The first-order valence-corrected chi connectivity index (χ1v) is 12.5. The Balaban J connectivity index is 1.62. The van der Waals surface area contributed by atoms with Gasteiger partial charge in [-0.25, -0.2) is 22.7 Å². The van der Waals surface area contributed by atoms with Crippen molar-refractivity contribution in [3.63, 3.8) is 0 Å². The molecule has 0 aliphatic rings. The van der Waals surface area contributed by atoms with Gasteiger partial charge in [-0.05, 0) is 55.2 Å². The zero-order valence-corrected chi connectivity index (χ0v) is 20.2. The Morgan fingerprint density at radius 1 is 1.00 bits per heavy atom. The third-order valence-corrected chi connectivity index (χ3v) is 7.61. The minimum Gasteiger partial charge on any atom is -0.331 e. The first kappa shape index (κ1) is 22.9. The molecule has 0 aliphatic heterocycles. The largest absolute Gasteiger partial charge is 0.331 e. The summed E-state index contributed by atoms with van der Waals surface area (Å²) >= 11 is 0. The number of imidazole rings is 1. The van der Waals surface area contributed by atoms with Crippen molar-refractivity contribution in [3.05, 3.63) is 78.0 Å². The minimum absolute atomic E-state index is 0.250. The van der Waals surface area contributed by atoms with E-state index in [1.165, 1.54) is 4.31 Å². The molecule has 7 nitrogen and oxygen atoms in total. The molecule has 0 atom stereocenters. The lowest BCUT2D eigenvalue weighted by atomic mass is 10.1. The van der Waals surface area contributed by atoms with Crippen LogP contribution >= 0.6 is 0 Å². The smallest absolute Gasteiger partial charge is 0.265 e. The number of hydrogen-bond donors (Lipinski definition) is 0. The fourth-order valence-electron chi connectivity index (χ4n) is 3.75. The zero-order chi connectivity index (χ0) is 23.6. The maximum atomic E-state index is 13.5. The van der Waals surface area contributed by atoms with Crippen molar-refractivity contribution in [2.45, 2.75) is 38.5 Å². The number of rotatable bonds is 8. The number of anilines is 1. The quantitative estimate of drug-likeness (QED) is 0.384. The average molecular weight is 464 g/mol. The number of hydrogen-bond acceptors (Lipinski definition) is 5. The molecular formula is C25H29N5O2S. The summed E-state index contributed by atoms with van der Waals surface area (Å²) in [4.78, 5) is 13.7. The maximum Gasteiger partial charge on any atom is 0.265 e. The molecule has 1 aromatic carbocycles. The Morgan fingerprint density at radius 3 is 2.42 bits per heavy atom. The van der Waals surface area contributed by atoms with Gasteiger partial charge in [-0.2, -0.15) is 0 Å². The predicted molar refractivity (Wildman–Crippen MR) is 131 cm³/mol. The van der Waals surface area contributed by atoms with Gasteiger partial charge in [0.25, 0.3) is 10.0 Å². The predicted octanol–water partition coefficient (Wildman–Crippen LogP) is 4.50. The summed E-state index contributed by atoms with van der Waals surface area (Å²) in [5.41, 5.74) is 3.76. The van der Waals surface area contributed by atoms with Crippen molar-refractivity contribution in [2.75, 3.05) is 10.8 Å². The molecule has 8 heteroatoms. The monoisotopic (exact) mass is 463 g/mol. The van der Waals surface area contributed by atoms with Gasteiger partial charge in [0.1, 0.15) is 17.2 Å². The Labute approximate surface area is 195 Å². The van der Waals surface area contributed by atoms with Gasteiger partial charge in [-0.15, -0.1) is 0 Å². The Morgan fingerprint density at radius 2 is 1.76 bits per heavy atom. The van der Waals surface area contributed by atoms with E-state index in [4.69, 9.17) is 0 Å². The standard InChI is InChI=1S/C25H29N5O2S/c1-18(2)13-16-30(24-7-5-6-14-27-24)33(31,32)21-10-8-20(9-11-21)17-22-25-23(12-15-26-22)29(4)19(3)28-25/h5-12,14-15,18H,13,16-17H2,1-4H3. The second-order valence-corrected chi connectivity index (χ2v) is 10.5. The molecule has 172 valence electrons. The Bertz CT molecular complexity index is 1350. The molecule has 0 saturated heterocycles. The molecule has 4 aromatic rings. The number of aryl methyl sites for hydroxylation is 2. The first-order valence-electron chi connectivity index (χ1n) is 11.1. The number of fused-ring (bicyclic) bond motifs is 1. The number of pyridine rings is 2. The van der Waals surface area contributed by atoms with Crippen LogP contribution in [0.4, 0.5) is 5.82 Å². The van der Waals surface area contributed by atoms with Crippen molar-refractivity contribution in [2.24, 2.45) is 13.0 Å². The molecule has 0 radical (unpaired) electrons. The van der Waals surface area contributed by atoms with Crippen LogP contribution in [0.1, 0.15) is 37.4 Å². The summed E-state index contributed by atoms with van der Waals surface area (Å²) < 4.78 is 30.4. The van der Waals surface area contributed by atoms with Crippen LogP contribution in [-0.2, 0) is 23.5 Å². The van der Waals surface area contributed by atoms with E-state index in [9.17, 15) is 8.42 Å². The molecule has 0 saturated carbocycles. The third-order valence-electron chi connectivity index (χ3n) is 5.80. The SMILES string of the molecule is Cc1nc2c(Cc3ccc(S(=O)(=O)N(CCC(C)C)c4ccccn4)cc3)nccc2n1C. The summed E-state index contributed by atoms with van der Waals surface area (Å²) in [5.74, 6) is 1.74. The van der Waals surface area contributed by atoms with Gasteiger partial charge in [0, 0.05) is 32.4 Å². The van der Waals surface area contributed by atoms with Gasteiger partial charge in [0.2, 0.25) is 0 Å². The zero-order valence-electron chi connectivity index (χ0n) is 19.4. The molecular weight excluding hydrogens is 434 g/mol. The molecule has 3 aromatic heterocycles. The molecule has 33 heavy (non-hydrogen) atoms. The van der Waals surface area contributed by atoms with E-state index in [0.29, 0.717) is 24.7 Å². The summed E-state index contributed by atoms with van der Waals surface area (Å²) in [6, 6.07) is 14.3. The van der Waals surface area contributed by atoms with E-state index >= 15 is 0 Å². The van der Waals surface area contributed by atoms with Crippen molar-refractivity contribution in [1.82, 2.24) is 19.5 Å². The summed E-state index contributed by atoms with van der Waals surface area (Å²) in [6.07, 6.45) is 4.72. The topological polar surface area (TPSA) is 81.0 Å². The van der Waals surface area contributed by atoms with Gasteiger partial charge in [-0.1, -0.05) is 32.0 Å². The van der Waals surface area contributed by atoms with E-state index in [1.54, 1.807) is 42.7 Å². The Kier molecular flexibility index (Phi) is 6.47. The van der Waals surface area contributed by atoms with Gasteiger partial charge < -0.3 is 4.57 Å². The number of sulfonamides is 1. The molecule has 0 N–H and O–H groups in total. The van der Waals surface area contributed by atoms with E-state index in [2.05, 4.69) is 28.8 Å². The van der Waals surface area contributed by atoms with Crippen LogP contribution in [0.2, 0.25) is 0 Å². The lowest BCUT2D eigenvalue weighted by molar-refractivity contribution is 0.567. The third kappa shape index (κ3) is 4.75. The van der Waals surface area contributed by atoms with Crippen LogP contribution < -0.4 is 4.31 Å². The van der Waals surface area contributed by atoms with Crippen LogP contribution in [-0.4, -0.2) is 34.5 Å². The van der Waals surface area contributed by atoms with Crippen molar-refractivity contribution in [1.29, 1.82) is 0 Å². The van der Waals surface area contributed by atoms with Gasteiger partial charge >= 0.3 is 0 Å².